The molecule has 1 unspecified atom stereocenters. The van der Waals surface area contributed by atoms with E-state index in [1.165, 1.54) is 23.3 Å². The van der Waals surface area contributed by atoms with E-state index >= 15 is 0 Å². The number of nitrogens with two attached hydrogens (primary N) is 1. The van der Waals surface area contributed by atoms with E-state index < -0.39 is 0 Å². The zero-order valence-electron chi connectivity index (χ0n) is 11.7. The number of carbonyl (C=O) groups excluding carboxylic acids is 1. The molecule has 21 heavy (non-hydrogen) atoms. The number of phenols is 1. The smallest absolute Gasteiger partial charge is 0.253 e. The number of nitrogens with one attached hydrogen (secondary N) is 1. The molecule has 0 spiro atoms. The Bertz CT molecular complexity index is 682. The van der Waals surface area contributed by atoms with Crippen LogP contribution in [0.2, 0.25) is 0 Å². The second kappa shape index (κ2) is 5.48. The Morgan fingerprint density at radius 1 is 1.24 bits per heavy atom. The molecule has 0 bridgehead atoms. The first-order valence-electron chi connectivity index (χ1n) is 7.12. The maximum atomic E-state index is 12.4. The third-order valence-electron chi connectivity index (χ3n) is 3.96. The fraction of sp³-hybridized carbons (Fsp3) is 0.235. The zero-order chi connectivity index (χ0) is 14.8. The number of nitrogen functional groups attached to an aromatic ring is 1. The van der Waals surface area contributed by atoms with Crippen molar-refractivity contribution in [3.63, 3.8) is 0 Å². The van der Waals surface area contributed by atoms with Gasteiger partial charge in [0, 0.05) is 5.69 Å². The van der Waals surface area contributed by atoms with Crippen molar-refractivity contribution in [3.8, 4) is 5.75 Å². The standard InChI is InChI=1S/C17H18N2O2/c18-15-9-8-12(20)10-14(15)17(21)19-16-7-3-5-11-4-1-2-6-13(11)16/h1-2,4,6,8-10,16,20H,3,5,7,18H2,(H,19,21). The van der Waals surface area contributed by atoms with Crippen molar-refractivity contribution in [3.05, 3.63) is 59.2 Å². The van der Waals surface area contributed by atoms with Gasteiger partial charge in [0.25, 0.3) is 5.91 Å². The van der Waals surface area contributed by atoms with E-state index in [0.29, 0.717) is 11.3 Å². The Morgan fingerprint density at radius 2 is 2.05 bits per heavy atom. The molecule has 1 amide bonds. The van der Waals surface area contributed by atoms with Crippen molar-refractivity contribution >= 4 is 11.6 Å². The molecule has 2 aromatic rings. The van der Waals surface area contributed by atoms with Crippen LogP contribution in [0.1, 0.15) is 40.4 Å². The predicted molar refractivity (Wildman–Crippen MR) is 82.1 cm³/mol. The molecule has 4 N–H and O–H groups in total. The number of carbonyl (C=O) groups is 1. The molecule has 0 saturated heterocycles. The van der Waals surface area contributed by atoms with Gasteiger partial charge in [-0.1, -0.05) is 24.3 Å². The molecule has 0 fully saturated rings. The number of aromatic hydroxyl groups is 1. The van der Waals surface area contributed by atoms with E-state index in [4.69, 9.17) is 5.73 Å². The highest BCUT2D eigenvalue weighted by Crippen LogP contribution is 2.30. The third kappa shape index (κ3) is 2.70. The average Bonchev–Trinajstić information content (AvgIpc) is 2.50. The fourth-order valence-electron chi connectivity index (χ4n) is 2.88. The summed E-state index contributed by atoms with van der Waals surface area (Å²) in [4.78, 5) is 12.4. The lowest BCUT2D eigenvalue weighted by atomic mass is 9.87. The Balaban J connectivity index is 1.84. The lowest BCUT2D eigenvalue weighted by Gasteiger charge is -2.26. The minimum atomic E-state index is -0.245. The van der Waals surface area contributed by atoms with Crippen molar-refractivity contribution in [1.29, 1.82) is 0 Å². The molecule has 1 atom stereocenters. The van der Waals surface area contributed by atoms with Gasteiger partial charge < -0.3 is 16.2 Å². The molecule has 3 rings (SSSR count). The summed E-state index contributed by atoms with van der Waals surface area (Å²) in [5, 5.41) is 12.5. The highest BCUT2D eigenvalue weighted by atomic mass is 16.3. The van der Waals surface area contributed by atoms with Gasteiger partial charge in [0.1, 0.15) is 5.75 Å². The summed E-state index contributed by atoms with van der Waals surface area (Å²) < 4.78 is 0. The van der Waals surface area contributed by atoms with Gasteiger partial charge in [0.05, 0.1) is 11.6 Å². The summed E-state index contributed by atoms with van der Waals surface area (Å²) in [6.07, 6.45) is 3.02. The van der Waals surface area contributed by atoms with Crippen LogP contribution in [0.15, 0.2) is 42.5 Å². The summed E-state index contributed by atoms with van der Waals surface area (Å²) in [6.45, 7) is 0. The van der Waals surface area contributed by atoms with Crippen molar-refractivity contribution in [2.24, 2.45) is 0 Å². The Labute approximate surface area is 123 Å². The molecule has 0 heterocycles. The van der Waals surface area contributed by atoms with Gasteiger partial charge in [-0.15, -0.1) is 0 Å². The van der Waals surface area contributed by atoms with E-state index in [9.17, 15) is 9.90 Å². The van der Waals surface area contributed by atoms with Crippen LogP contribution in [0, 0.1) is 0 Å². The molecular weight excluding hydrogens is 264 g/mol. The Hall–Kier alpha value is -2.49. The summed E-state index contributed by atoms with van der Waals surface area (Å²) >= 11 is 0. The van der Waals surface area contributed by atoms with Crippen LogP contribution in [-0.2, 0) is 6.42 Å². The summed E-state index contributed by atoms with van der Waals surface area (Å²) in [7, 11) is 0. The van der Waals surface area contributed by atoms with Crippen LogP contribution in [0.5, 0.6) is 5.75 Å². The molecule has 0 radical (unpaired) electrons. The third-order valence-corrected chi connectivity index (χ3v) is 3.96. The summed E-state index contributed by atoms with van der Waals surface area (Å²) in [6, 6.07) is 12.6. The minimum Gasteiger partial charge on any atom is -0.508 e. The van der Waals surface area contributed by atoms with Crippen molar-refractivity contribution in [1.82, 2.24) is 5.32 Å². The molecule has 0 saturated carbocycles. The van der Waals surface area contributed by atoms with Crippen LogP contribution in [0.25, 0.3) is 0 Å². The molecule has 1 aliphatic carbocycles. The lowest BCUT2D eigenvalue weighted by molar-refractivity contribution is 0.0933. The SMILES string of the molecule is Nc1ccc(O)cc1C(=O)NC1CCCc2ccccc21. The second-order valence-corrected chi connectivity index (χ2v) is 5.39. The van der Waals surface area contributed by atoms with E-state index in [0.717, 1.165) is 19.3 Å². The largest absolute Gasteiger partial charge is 0.508 e. The van der Waals surface area contributed by atoms with Gasteiger partial charge in [0.2, 0.25) is 0 Å². The first-order valence-corrected chi connectivity index (χ1v) is 7.12. The fourth-order valence-corrected chi connectivity index (χ4v) is 2.88. The van der Waals surface area contributed by atoms with Gasteiger partial charge in [-0.3, -0.25) is 4.79 Å². The number of rotatable bonds is 2. The molecule has 4 nitrogen and oxygen atoms in total. The molecule has 0 aromatic heterocycles. The number of anilines is 1. The zero-order valence-corrected chi connectivity index (χ0v) is 11.7. The Morgan fingerprint density at radius 3 is 2.90 bits per heavy atom. The van der Waals surface area contributed by atoms with Crippen LogP contribution in [0.4, 0.5) is 5.69 Å². The van der Waals surface area contributed by atoms with E-state index in [-0.39, 0.29) is 17.7 Å². The maximum Gasteiger partial charge on any atom is 0.253 e. The van der Waals surface area contributed by atoms with Crippen LogP contribution in [-0.4, -0.2) is 11.0 Å². The first-order chi connectivity index (χ1) is 10.1. The topological polar surface area (TPSA) is 75.3 Å². The molecular formula is C17H18N2O2. The summed E-state index contributed by atoms with van der Waals surface area (Å²) in [5.74, 6) is -0.205. The van der Waals surface area contributed by atoms with Crippen molar-refractivity contribution < 1.29 is 9.90 Å². The molecule has 4 heteroatoms. The number of aryl methyl sites for hydroxylation is 1. The Kier molecular flexibility index (Phi) is 3.52. The second-order valence-electron chi connectivity index (χ2n) is 5.39. The molecule has 108 valence electrons. The van der Waals surface area contributed by atoms with Gasteiger partial charge in [0.15, 0.2) is 0 Å². The van der Waals surface area contributed by atoms with Gasteiger partial charge >= 0.3 is 0 Å². The van der Waals surface area contributed by atoms with Crippen molar-refractivity contribution in [2.75, 3.05) is 5.73 Å². The van der Waals surface area contributed by atoms with Crippen molar-refractivity contribution in [2.45, 2.75) is 25.3 Å². The quantitative estimate of drug-likeness (QED) is 0.585. The number of phenolic OH excluding ortho intramolecular Hbond substituents is 1. The first kappa shape index (κ1) is 13.5. The predicted octanol–water partition coefficient (Wildman–Crippen LogP) is 2.78. The normalized spacial score (nSPS) is 17.0. The average molecular weight is 282 g/mol. The highest BCUT2D eigenvalue weighted by molar-refractivity contribution is 5.99. The minimum absolute atomic E-state index is 0.00389. The maximum absolute atomic E-state index is 12.4. The molecule has 2 aromatic carbocycles. The number of hydrogen-bond donors (Lipinski definition) is 3. The van der Waals surface area contributed by atoms with Gasteiger partial charge in [-0.05, 0) is 48.6 Å². The lowest BCUT2D eigenvalue weighted by Crippen LogP contribution is -2.31. The van der Waals surface area contributed by atoms with Crippen LogP contribution in [0.3, 0.4) is 0 Å². The number of fused-ring (bicyclic) bond motifs is 1. The van der Waals surface area contributed by atoms with E-state index in [1.807, 2.05) is 12.1 Å². The molecule has 1 aliphatic rings. The van der Waals surface area contributed by atoms with Gasteiger partial charge in [-0.25, -0.2) is 0 Å². The van der Waals surface area contributed by atoms with Gasteiger partial charge in [-0.2, -0.15) is 0 Å². The number of amides is 1. The number of benzene rings is 2. The summed E-state index contributed by atoms with van der Waals surface area (Å²) in [5.41, 5.74) is 8.97. The van der Waals surface area contributed by atoms with Crippen LogP contribution >= 0.6 is 0 Å². The van der Waals surface area contributed by atoms with Crippen LogP contribution < -0.4 is 11.1 Å². The molecule has 0 aliphatic heterocycles. The number of hydrogen-bond acceptors (Lipinski definition) is 3. The monoisotopic (exact) mass is 282 g/mol. The van der Waals surface area contributed by atoms with E-state index in [1.54, 1.807) is 6.07 Å². The van der Waals surface area contributed by atoms with E-state index in [2.05, 4.69) is 17.4 Å². The highest BCUT2D eigenvalue weighted by Gasteiger charge is 2.22.